The first-order valence-corrected chi connectivity index (χ1v) is 12.5. The van der Waals surface area contributed by atoms with Crippen LogP contribution in [0.5, 0.6) is 0 Å². The van der Waals surface area contributed by atoms with Gasteiger partial charge < -0.3 is 0 Å². The smallest absolute Gasteiger partial charge is 0.146 e. The lowest BCUT2D eigenvalue weighted by Crippen LogP contribution is -2.13. The molecule has 0 nitrogen and oxygen atoms in total. The minimum absolute atomic E-state index is 0.213. The molecule has 0 radical (unpaired) electrons. The second-order valence-electron chi connectivity index (χ2n) is 9.46. The van der Waals surface area contributed by atoms with Crippen LogP contribution in [0, 0.1) is 23.6 Å². The molecule has 1 heteroatoms. The van der Waals surface area contributed by atoms with Gasteiger partial charge >= 0.3 is 0 Å². The number of unbranched alkanes of at least 4 members (excludes halogenated alkanes) is 1. The molecule has 1 aliphatic carbocycles. The molecule has 0 aliphatic heterocycles. The Labute approximate surface area is 193 Å². The molecule has 0 heterocycles. The van der Waals surface area contributed by atoms with Gasteiger partial charge in [0.1, 0.15) is 5.82 Å². The highest BCUT2D eigenvalue weighted by Crippen LogP contribution is 2.37. The van der Waals surface area contributed by atoms with Gasteiger partial charge in [0.2, 0.25) is 0 Å². The zero-order valence-electron chi connectivity index (χ0n) is 19.6. The first kappa shape index (κ1) is 22.6. The van der Waals surface area contributed by atoms with Crippen LogP contribution in [0.25, 0.3) is 10.8 Å². The first-order valence-electron chi connectivity index (χ1n) is 12.5. The third-order valence-corrected chi connectivity index (χ3v) is 7.09. The zero-order valence-corrected chi connectivity index (χ0v) is 19.6. The fourth-order valence-electron chi connectivity index (χ4n) is 5.14. The van der Waals surface area contributed by atoms with Crippen LogP contribution in [0.2, 0.25) is 0 Å². The van der Waals surface area contributed by atoms with Crippen LogP contribution >= 0.6 is 0 Å². The number of halogens is 1. The van der Waals surface area contributed by atoms with Gasteiger partial charge in [0.15, 0.2) is 0 Å². The van der Waals surface area contributed by atoms with E-state index in [0.717, 1.165) is 29.7 Å². The summed E-state index contributed by atoms with van der Waals surface area (Å²) in [5.74, 6) is 7.64. The summed E-state index contributed by atoms with van der Waals surface area (Å²) in [4.78, 5) is 0. The summed E-state index contributed by atoms with van der Waals surface area (Å²) in [5, 5.41) is 1.61. The van der Waals surface area contributed by atoms with E-state index in [9.17, 15) is 0 Å². The average molecular weight is 427 g/mol. The van der Waals surface area contributed by atoms with E-state index in [4.69, 9.17) is 0 Å². The second-order valence-corrected chi connectivity index (χ2v) is 9.46. The Kier molecular flexibility index (Phi) is 7.64. The molecule has 0 aromatic heterocycles. The quantitative estimate of drug-likeness (QED) is 0.345. The van der Waals surface area contributed by atoms with E-state index >= 15 is 4.39 Å². The number of rotatable bonds is 6. The Bertz CT molecular complexity index is 1090. The molecule has 0 atom stereocenters. The highest BCUT2D eigenvalue weighted by Gasteiger charge is 2.21. The lowest BCUT2D eigenvalue weighted by atomic mass is 9.77. The van der Waals surface area contributed by atoms with Crippen LogP contribution in [0.3, 0.4) is 0 Å². The molecule has 1 aliphatic rings. The van der Waals surface area contributed by atoms with Gasteiger partial charge in [-0.1, -0.05) is 87.8 Å². The molecule has 4 rings (SSSR count). The van der Waals surface area contributed by atoms with E-state index in [-0.39, 0.29) is 5.82 Å². The molecule has 1 fully saturated rings. The van der Waals surface area contributed by atoms with Crippen molar-refractivity contribution in [3.05, 3.63) is 82.7 Å². The van der Waals surface area contributed by atoms with Crippen molar-refractivity contribution < 1.29 is 4.39 Å². The Hall–Kier alpha value is -2.59. The number of benzene rings is 3. The van der Waals surface area contributed by atoms with Crippen molar-refractivity contribution in [3.8, 4) is 11.8 Å². The summed E-state index contributed by atoms with van der Waals surface area (Å²) in [6.07, 6.45) is 11.6. The molecule has 1 saturated carbocycles. The van der Waals surface area contributed by atoms with Crippen LogP contribution in [0.15, 0.2) is 54.6 Å². The Morgan fingerprint density at radius 2 is 1.62 bits per heavy atom. The summed E-state index contributed by atoms with van der Waals surface area (Å²) in [6, 6.07) is 18.5. The summed E-state index contributed by atoms with van der Waals surface area (Å²) < 4.78 is 15.0. The fourth-order valence-corrected chi connectivity index (χ4v) is 5.14. The molecule has 0 unspecified atom stereocenters. The number of aryl methyl sites for hydroxylation is 1. The van der Waals surface area contributed by atoms with Crippen molar-refractivity contribution in [1.82, 2.24) is 0 Å². The van der Waals surface area contributed by atoms with E-state index in [0.29, 0.717) is 16.9 Å². The fraction of sp³-hybridized carbons (Fsp3) is 0.419. The third-order valence-electron chi connectivity index (χ3n) is 7.09. The van der Waals surface area contributed by atoms with E-state index in [1.165, 1.54) is 56.1 Å². The standard InChI is InChI=1S/C31H35F/c1-3-5-7-23-8-14-26(15-9-23)27-16-10-24(11-17-27)12-18-28-19-20-29-22-25(6-4-2)13-21-30(29)31(28)32/h10-11,13,16-17,19-23,26H,3-9,14-15H2,1-2H3. The SMILES string of the molecule is CCCCC1CCC(c2ccc(C#Cc3ccc4cc(CCC)ccc4c3F)cc2)CC1. The highest BCUT2D eigenvalue weighted by molar-refractivity contribution is 5.85. The summed E-state index contributed by atoms with van der Waals surface area (Å²) in [6.45, 7) is 4.45. The molecule has 166 valence electrons. The zero-order chi connectivity index (χ0) is 22.3. The van der Waals surface area contributed by atoms with E-state index in [2.05, 4.69) is 56.0 Å². The summed E-state index contributed by atoms with van der Waals surface area (Å²) in [7, 11) is 0. The molecular formula is C31H35F. The maximum atomic E-state index is 15.0. The van der Waals surface area contributed by atoms with Crippen molar-refractivity contribution in [1.29, 1.82) is 0 Å². The largest absolute Gasteiger partial charge is 0.205 e. The van der Waals surface area contributed by atoms with Gasteiger partial charge in [-0.3, -0.25) is 0 Å². The highest BCUT2D eigenvalue weighted by atomic mass is 19.1. The van der Waals surface area contributed by atoms with Gasteiger partial charge in [-0.2, -0.15) is 0 Å². The Morgan fingerprint density at radius 1 is 0.844 bits per heavy atom. The lowest BCUT2D eigenvalue weighted by molar-refractivity contribution is 0.304. The van der Waals surface area contributed by atoms with Crippen molar-refractivity contribution in [2.75, 3.05) is 0 Å². The molecule has 0 spiro atoms. The van der Waals surface area contributed by atoms with Gasteiger partial charge in [0, 0.05) is 10.9 Å². The predicted molar refractivity (Wildman–Crippen MR) is 135 cm³/mol. The number of hydrogen-bond donors (Lipinski definition) is 0. The maximum Gasteiger partial charge on any atom is 0.146 e. The number of fused-ring (bicyclic) bond motifs is 1. The normalized spacial score (nSPS) is 18.3. The first-order chi connectivity index (χ1) is 15.7. The van der Waals surface area contributed by atoms with Crippen LogP contribution in [0.4, 0.5) is 4.39 Å². The van der Waals surface area contributed by atoms with Crippen LogP contribution in [-0.2, 0) is 6.42 Å². The molecule has 32 heavy (non-hydrogen) atoms. The molecule has 0 amide bonds. The van der Waals surface area contributed by atoms with Gasteiger partial charge in [-0.15, -0.1) is 0 Å². The molecule has 0 N–H and O–H groups in total. The summed E-state index contributed by atoms with van der Waals surface area (Å²) >= 11 is 0. The van der Waals surface area contributed by atoms with Crippen LogP contribution in [-0.4, -0.2) is 0 Å². The van der Waals surface area contributed by atoms with Crippen molar-refractivity contribution in [2.45, 2.75) is 77.6 Å². The average Bonchev–Trinajstić information content (AvgIpc) is 2.83. The minimum Gasteiger partial charge on any atom is -0.205 e. The molecule has 3 aromatic rings. The van der Waals surface area contributed by atoms with Gasteiger partial charge in [0.25, 0.3) is 0 Å². The third kappa shape index (κ3) is 5.42. The van der Waals surface area contributed by atoms with Crippen molar-refractivity contribution in [2.24, 2.45) is 5.92 Å². The van der Waals surface area contributed by atoms with E-state index in [1.54, 1.807) is 0 Å². The number of hydrogen-bond acceptors (Lipinski definition) is 0. The van der Waals surface area contributed by atoms with Crippen LogP contribution in [0.1, 0.15) is 93.4 Å². The van der Waals surface area contributed by atoms with Crippen molar-refractivity contribution >= 4 is 10.8 Å². The monoisotopic (exact) mass is 426 g/mol. The van der Waals surface area contributed by atoms with Crippen LogP contribution < -0.4 is 0 Å². The lowest BCUT2D eigenvalue weighted by Gasteiger charge is -2.28. The molecular weight excluding hydrogens is 391 g/mol. The van der Waals surface area contributed by atoms with Gasteiger partial charge in [-0.05, 0) is 78.7 Å². The Morgan fingerprint density at radius 3 is 2.34 bits per heavy atom. The molecule has 0 bridgehead atoms. The predicted octanol–water partition coefficient (Wildman–Crippen LogP) is 8.80. The van der Waals surface area contributed by atoms with E-state index < -0.39 is 0 Å². The maximum absolute atomic E-state index is 15.0. The van der Waals surface area contributed by atoms with Gasteiger partial charge in [0.05, 0.1) is 5.56 Å². The topological polar surface area (TPSA) is 0 Å². The molecule has 0 saturated heterocycles. The molecule has 3 aromatic carbocycles. The second kappa shape index (κ2) is 10.8. The van der Waals surface area contributed by atoms with E-state index in [1.807, 2.05) is 24.3 Å². The minimum atomic E-state index is -0.213. The Balaban J connectivity index is 1.43. The van der Waals surface area contributed by atoms with Gasteiger partial charge in [-0.25, -0.2) is 4.39 Å². The summed E-state index contributed by atoms with van der Waals surface area (Å²) in [5.41, 5.74) is 4.11. The van der Waals surface area contributed by atoms with Crippen molar-refractivity contribution in [3.63, 3.8) is 0 Å².